The van der Waals surface area contributed by atoms with Crippen molar-refractivity contribution >= 4 is 62.3 Å². The third-order valence-electron chi connectivity index (χ3n) is 5.35. The highest BCUT2D eigenvalue weighted by molar-refractivity contribution is 7.92. The Morgan fingerprint density at radius 1 is 1.00 bits per heavy atom. The van der Waals surface area contributed by atoms with E-state index in [4.69, 9.17) is 34.8 Å². The highest BCUT2D eigenvalue weighted by Gasteiger charge is 2.31. The molecule has 0 aliphatic carbocycles. The van der Waals surface area contributed by atoms with E-state index in [-0.39, 0.29) is 34.2 Å². The van der Waals surface area contributed by atoms with E-state index < -0.39 is 28.5 Å². The summed E-state index contributed by atoms with van der Waals surface area (Å²) in [7, 11) is -3.92. The molecule has 0 spiro atoms. The summed E-state index contributed by atoms with van der Waals surface area (Å²) in [4.78, 5) is 27.7. The maximum absolute atomic E-state index is 13.5. The molecule has 186 valence electrons. The number of anilines is 1. The van der Waals surface area contributed by atoms with Crippen molar-refractivity contribution in [2.75, 3.05) is 17.1 Å². The Balaban J connectivity index is 2.45. The lowest BCUT2D eigenvalue weighted by atomic mass is 10.1. The van der Waals surface area contributed by atoms with E-state index in [0.717, 1.165) is 10.6 Å². The quantitative estimate of drug-likeness (QED) is 0.464. The van der Waals surface area contributed by atoms with Gasteiger partial charge in [0.25, 0.3) is 0 Å². The van der Waals surface area contributed by atoms with Crippen LogP contribution in [0.2, 0.25) is 15.1 Å². The maximum Gasteiger partial charge on any atom is 0.244 e. The lowest BCUT2D eigenvalue weighted by Gasteiger charge is -2.32. The fourth-order valence-electron chi connectivity index (χ4n) is 3.14. The first-order valence-corrected chi connectivity index (χ1v) is 13.6. The van der Waals surface area contributed by atoms with E-state index >= 15 is 0 Å². The summed E-state index contributed by atoms with van der Waals surface area (Å²) in [6, 6.07) is 10.5. The van der Waals surface area contributed by atoms with Crippen LogP contribution in [-0.2, 0) is 26.2 Å². The van der Waals surface area contributed by atoms with Gasteiger partial charge in [-0.3, -0.25) is 13.9 Å². The van der Waals surface area contributed by atoms with E-state index in [1.54, 1.807) is 31.2 Å². The van der Waals surface area contributed by atoms with Crippen LogP contribution in [0.15, 0.2) is 42.5 Å². The smallest absolute Gasteiger partial charge is 0.244 e. The summed E-state index contributed by atoms with van der Waals surface area (Å²) in [5.41, 5.74) is 0.687. The fourth-order valence-corrected chi connectivity index (χ4v) is 4.64. The molecule has 2 atom stereocenters. The van der Waals surface area contributed by atoms with E-state index in [9.17, 15) is 18.0 Å². The van der Waals surface area contributed by atoms with Crippen molar-refractivity contribution in [2.24, 2.45) is 0 Å². The molecule has 11 heteroatoms. The lowest BCUT2D eigenvalue weighted by molar-refractivity contribution is -0.139. The number of nitrogens with zero attached hydrogens (tertiary/aromatic N) is 2. The molecular formula is C23H28Cl3N3O4S. The Morgan fingerprint density at radius 3 is 2.21 bits per heavy atom. The van der Waals surface area contributed by atoms with Crippen molar-refractivity contribution in [1.29, 1.82) is 0 Å². The molecule has 0 saturated carbocycles. The molecule has 2 aromatic rings. The van der Waals surface area contributed by atoms with E-state index in [1.807, 2.05) is 13.8 Å². The molecule has 7 nitrogen and oxygen atoms in total. The second kappa shape index (κ2) is 12.1. The van der Waals surface area contributed by atoms with Gasteiger partial charge in [0.2, 0.25) is 21.8 Å². The molecule has 2 amide bonds. The van der Waals surface area contributed by atoms with E-state index in [0.29, 0.717) is 17.0 Å². The molecule has 0 radical (unpaired) electrons. The first-order chi connectivity index (χ1) is 15.9. The van der Waals surface area contributed by atoms with Crippen LogP contribution in [0.25, 0.3) is 0 Å². The molecule has 0 unspecified atom stereocenters. The number of nitrogens with one attached hydrogen (secondary N) is 1. The minimum absolute atomic E-state index is 0.00241. The molecule has 0 aliphatic heterocycles. The Bertz CT molecular complexity index is 1140. The van der Waals surface area contributed by atoms with Crippen LogP contribution in [0, 0.1) is 0 Å². The van der Waals surface area contributed by atoms with Gasteiger partial charge in [-0.15, -0.1) is 0 Å². The van der Waals surface area contributed by atoms with Crippen LogP contribution in [0.3, 0.4) is 0 Å². The first kappa shape index (κ1) is 28.2. The second-order valence-corrected chi connectivity index (χ2v) is 11.0. The van der Waals surface area contributed by atoms with Crippen molar-refractivity contribution in [3.63, 3.8) is 0 Å². The number of hydrogen-bond donors (Lipinski definition) is 1. The Kier molecular flexibility index (Phi) is 10.1. The van der Waals surface area contributed by atoms with Gasteiger partial charge in [0.1, 0.15) is 12.6 Å². The molecule has 0 saturated heterocycles. The zero-order valence-corrected chi connectivity index (χ0v) is 22.5. The van der Waals surface area contributed by atoms with Gasteiger partial charge in [0, 0.05) is 17.6 Å². The standard InChI is InChI=1S/C23H28Cl3N3O4S/c1-5-15(2)27-23(31)16(3)28(13-17-9-6-7-10-18(17)24)21(30)14-29(34(4,32)33)20-12-8-11-19(25)22(20)26/h6-12,15-16H,5,13-14H2,1-4H3,(H,27,31)/t15-,16-/m0/s1. The van der Waals surface area contributed by atoms with Gasteiger partial charge in [-0.2, -0.15) is 0 Å². The minimum atomic E-state index is -3.92. The minimum Gasteiger partial charge on any atom is -0.352 e. The van der Waals surface area contributed by atoms with E-state index in [1.165, 1.54) is 23.1 Å². The zero-order chi connectivity index (χ0) is 25.6. The highest BCUT2D eigenvalue weighted by atomic mass is 35.5. The van der Waals surface area contributed by atoms with Crippen LogP contribution in [0.1, 0.15) is 32.8 Å². The van der Waals surface area contributed by atoms with Crippen molar-refractivity contribution in [3.05, 3.63) is 63.1 Å². The number of carbonyl (C=O) groups excluding carboxylic acids is 2. The lowest BCUT2D eigenvalue weighted by Crippen LogP contribution is -2.52. The van der Waals surface area contributed by atoms with Crippen LogP contribution < -0.4 is 9.62 Å². The third kappa shape index (κ3) is 7.25. The van der Waals surface area contributed by atoms with Gasteiger partial charge in [-0.05, 0) is 44.0 Å². The topological polar surface area (TPSA) is 86.8 Å². The summed E-state index contributed by atoms with van der Waals surface area (Å²) < 4.78 is 26.1. The largest absolute Gasteiger partial charge is 0.352 e. The Hall–Kier alpha value is -2.00. The summed E-state index contributed by atoms with van der Waals surface area (Å²) in [6.07, 6.45) is 1.68. The fraction of sp³-hybridized carbons (Fsp3) is 0.391. The van der Waals surface area contributed by atoms with Crippen molar-refractivity contribution in [3.8, 4) is 0 Å². The van der Waals surface area contributed by atoms with E-state index in [2.05, 4.69) is 5.32 Å². The SMILES string of the molecule is CC[C@H](C)NC(=O)[C@H](C)N(Cc1ccccc1Cl)C(=O)CN(c1cccc(Cl)c1Cl)S(C)(=O)=O. The van der Waals surface area contributed by atoms with Crippen LogP contribution in [0.5, 0.6) is 0 Å². The van der Waals surface area contributed by atoms with Gasteiger partial charge in [0.05, 0.1) is 22.0 Å². The number of carbonyl (C=O) groups is 2. The Morgan fingerprint density at radius 2 is 1.62 bits per heavy atom. The summed E-state index contributed by atoms with van der Waals surface area (Å²) in [5, 5.41) is 3.43. The predicted molar refractivity (Wildman–Crippen MR) is 138 cm³/mol. The number of amides is 2. The molecule has 0 aromatic heterocycles. The number of rotatable bonds is 10. The normalized spacial score (nSPS) is 13.1. The number of hydrogen-bond acceptors (Lipinski definition) is 4. The molecule has 0 bridgehead atoms. The molecule has 2 aromatic carbocycles. The maximum atomic E-state index is 13.5. The molecule has 0 heterocycles. The molecule has 0 aliphatic rings. The number of sulfonamides is 1. The molecular weight excluding hydrogens is 521 g/mol. The number of benzene rings is 2. The second-order valence-electron chi connectivity index (χ2n) is 7.95. The summed E-state index contributed by atoms with van der Waals surface area (Å²) >= 11 is 18.6. The highest BCUT2D eigenvalue weighted by Crippen LogP contribution is 2.33. The molecule has 34 heavy (non-hydrogen) atoms. The van der Waals surface area contributed by atoms with Crippen molar-refractivity contribution < 1.29 is 18.0 Å². The molecule has 0 fully saturated rings. The average molecular weight is 549 g/mol. The zero-order valence-electron chi connectivity index (χ0n) is 19.4. The summed E-state index contributed by atoms with van der Waals surface area (Å²) in [5.74, 6) is -0.963. The predicted octanol–water partition coefficient (Wildman–Crippen LogP) is 4.74. The monoisotopic (exact) mass is 547 g/mol. The van der Waals surface area contributed by atoms with Gasteiger partial charge in [-0.25, -0.2) is 8.42 Å². The van der Waals surface area contributed by atoms with Gasteiger partial charge in [-0.1, -0.05) is 66.0 Å². The third-order valence-corrected chi connectivity index (χ3v) is 7.65. The Labute approximate surface area is 216 Å². The summed E-state index contributed by atoms with van der Waals surface area (Å²) in [6.45, 7) is 4.81. The van der Waals surface area contributed by atoms with Gasteiger partial charge < -0.3 is 10.2 Å². The van der Waals surface area contributed by atoms with Gasteiger partial charge >= 0.3 is 0 Å². The van der Waals surface area contributed by atoms with Crippen LogP contribution in [0.4, 0.5) is 5.69 Å². The molecule has 2 rings (SSSR count). The van der Waals surface area contributed by atoms with Crippen LogP contribution >= 0.6 is 34.8 Å². The number of halogens is 3. The van der Waals surface area contributed by atoms with Crippen molar-refractivity contribution in [1.82, 2.24) is 10.2 Å². The van der Waals surface area contributed by atoms with Gasteiger partial charge in [0.15, 0.2) is 0 Å². The first-order valence-electron chi connectivity index (χ1n) is 10.6. The van der Waals surface area contributed by atoms with Crippen LogP contribution in [-0.4, -0.2) is 50.0 Å². The van der Waals surface area contributed by atoms with Crippen molar-refractivity contribution in [2.45, 2.75) is 45.8 Å². The average Bonchev–Trinajstić information content (AvgIpc) is 2.77. The molecule has 1 N–H and O–H groups in total.